The SMILES string of the molecule is CC(C)Oc1cccc2c1NC(=O)CCCN2C(C)C. The van der Waals surface area contributed by atoms with E-state index in [0.717, 1.165) is 30.1 Å². The Morgan fingerprint density at radius 3 is 2.65 bits per heavy atom. The molecule has 0 spiro atoms. The summed E-state index contributed by atoms with van der Waals surface area (Å²) >= 11 is 0. The van der Waals surface area contributed by atoms with Crippen LogP contribution in [0.5, 0.6) is 5.75 Å². The predicted molar refractivity (Wildman–Crippen MR) is 82.6 cm³/mol. The highest BCUT2D eigenvalue weighted by Crippen LogP contribution is 2.38. The zero-order valence-corrected chi connectivity index (χ0v) is 12.8. The molecule has 1 heterocycles. The van der Waals surface area contributed by atoms with Crippen molar-refractivity contribution in [3.63, 3.8) is 0 Å². The lowest BCUT2D eigenvalue weighted by molar-refractivity contribution is -0.116. The lowest BCUT2D eigenvalue weighted by Crippen LogP contribution is -2.35. The number of rotatable bonds is 3. The molecule has 0 unspecified atom stereocenters. The summed E-state index contributed by atoms with van der Waals surface area (Å²) in [5, 5.41) is 3.02. The number of fused-ring (bicyclic) bond motifs is 1. The largest absolute Gasteiger partial charge is 0.489 e. The van der Waals surface area contributed by atoms with Crippen molar-refractivity contribution in [3.05, 3.63) is 18.2 Å². The van der Waals surface area contributed by atoms with Crippen molar-refractivity contribution in [3.8, 4) is 5.75 Å². The number of ether oxygens (including phenoxy) is 1. The van der Waals surface area contributed by atoms with Crippen molar-refractivity contribution in [2.45, 2.75) is 52.7 Å². The number of para-hydroxylation sites is 1. The number of hydrogen-bond acceptors (Lipinski definition) is 3. The third-order valence-electron chi connectivity index (χ3n) is 3.37. The van der Waals surface area contributed by atoms with Gasteiger partial charge in [-0.25, -0.2) is 0 Å². The zero-order valence-electron chi connectivity index (χ0n) is 12.8. The van der Waals surface area contributed by atoms with Gasteiger partial charge in [0, 0.05) is 19.0 Å². The Hall–Kier alpha value is -1.71. The van der Waals surface area contributed by atoms with Gasteiger partial charge in [-0.05, 0) is 46.2 Å². The number of hydrogen-bond donors (Lipinski definition) is 1. The Balaban J connectivity index is 2.47. The minimum Gasteiger partial charge on any atom is -0.489 e. The molecule has 0 saturated heterocycles. The molecule has 1 amide bonds. The van der Waals surface area contributed by atoms with Crippen LogP contribution in [0, 0.1) is 0 Å². The van der Waals surface area contributed by atoms with Gasteiger partial charge >= 0.3 is 0 Å². The van der Waals surface area contributed by atoms with E-state index in [4.69, 9.17) is 4.74 Å². The number of amides is 1. The van der Waals surface area contributed by atoms with E-state index < -0.39 is 0 Å². The van der Waals surface area contributed by atoms with Gasteiger partial charge in [-0.2, -0.15) is 0 Å². The van der Waals surface area contributed by atoms with Crippen LogP contribution in [0.1, 0.15) is 40.5 Å². The van der Waals surface area contributed by atoms with E-state index in [1.54, 1.807) is 0 Å². The first-order valence-electron chi connectivity index (χ1n) is 7.35. The summed E-state index contributed by atoms with van der Waals surface area (Å²) in [5.41, 5.74) is 1.85. The molecule has 0 aliphatic carbocycles. The van der Waals surface area contributed by atoms with Crippen LogP contribution < -0.4 is 15.0 Å². The van der Waals surface area contributed by atoms with Gasteiger partial charge in [-0.3, -0.25) is 4.79 Å². The first-order chi connectivity index (χ1) is 9.49. The summed E-state index contributed by atoms with van der Waals surface area (Å²) in [7, 11) is 0. The molecule has 0 radical (unpaired) electrons. The smallest absolute Gasteiger partial charge is 0.224 e. The van der Waals surface area contributed by atoms with Crippen molar-refractivity contribution >= 4 is 17.3 Å². The number of nitrogens with one attached hydrogen (secondary N) is 1. The second kappa shape index (κ2) is 6.16. The maximum atomic E-state index is 11.9. The standard InChI is InChI=1S/C16H24N2O2/c1-11(2)18-10-6-9-15(19)17-16-13(18)7-5-8-14(16)20-12(3)4/h5,7-8,11-12H,6,9-10H2,1-4H3,(H,17,19). The average molecular weight is 276 g/mol. The Kier molecular flexibility index (Phi) is 4.53. The summed E-state index contributed by atoms with van der Waals surface area (Å²) in [6, 6.07) is 6.34. The molecule has 0 saturated carbocycles. The third kappa shape index (κ3) is 3.24. The molecule has 0 bridgehead atoms. The number of carbonyl (C=O) groups excluding carboxylic acids is 1. The molecular formula is C16H24N2O2. The normalized spacial score (nSPS) is 15.7. The zero-order chi connectivity index (χ0) is 14.7. The second-order valence-electron chi connectivity index (χ2n) is 5.76. The summed E-state index contributed by atoms with van der Waals surface area (Å²) in [6.45, 7) is 9.21. The maximum Gasteiger partial charge on any atom is 0.224 e. The van der Waals surface area contributed by atoms with E-state index in [1.165, 1.54) is 0 Å². The van der Waals surface area contributed by atoms with Gasteiger partial charge in [0.15, 0.2) is 0 Å². The molecule has 0 atom stereocenters. The van der Waals surface area contributed by atoms with Crippen LogP contribution in [0.3, 0.4) is 0 Å². The first kappa shape index (κ1) is 14.7. The third-order valence-corrected chi connectivity index (χ3v) is 3.37. The fraction of sp³-hybridized carbons (Fsp3) is 0.562. The first-order valence-corrected chi connectivity index (χ1v) is 7.35. The molecule has 4 nitrogen and oxygen atoms in total. The van der Waals surface area contributed by atoms with Crippen LogP contribution in [-0.4, -0.2) is 24.6 Å². The maximum absolute atomic E-state index is 11.9. The number of anilines is 2. The second-order valence-corrected chi connectivity index (χ2v) is 5.76. The van der Waals surface area contributed by atoms with Gasteiger partial charge in [0.05, 0.1) is 11.8 Å². The number of nitrogens with zero attached hydrogens (tertiary/aromatic N) is 1. The summed E-state index contributed by atoms with van der Waals surface area (Å²) in [4.78, 5) is 14.2. The molecule has 1 N–H and O–H groups in total. The molecule has 1 aliphatic heterocycles. The van der Waals surface area contributed by atoms with Gasteiger partial charge in [-0.1, -0.05) is 6.07 Å². The number of carbonyl (C=O) groups is 1. The number of benzene rings is 1. The van der Waals surface area contributed by atoms with Gasteiger partial charge in [0.1, 0.15) is 11.4 Å². The van der Waals surface area contributed by atoms with Crippen LogP contribution >= 0.6 is 0 Å². The van der Waals surface area contributed by atoms with E-state index >= 15 is 0 Å². The van der Waals surface area contributed by atoms with Crippen LogP contribution in [0.25, 0.3) is 0 Å². The Morgan fingerprint density at radius 2 is 2.00 bits per heavy atom. The minimum absolute atomic E-state index is 0.0643. The summed E-state index contributed by atoms with van der Waals surface area (Å²) in [5.74, 6) is 0.813. The molecule has 1 aromatic rings. The van der Waals surface area contributed by atoms with Crippen molar-refractivity contribution in [1.29, 1.82) is 0 Å². The highest BCUT2D eigenvalue weighted by Gasteiger charge is 2.22. The van der Waals surface area contributed by atoms with Crippen molar-refractivity contribution in [1.82, 2.24) is 0 Å². The van der Waals surface area contributed by atoms with Crippen molar-refractivity contribution in [2.24, 2.45) is 0 Å². The molecule has 1 aromatic carbocycles. The molecule has 1 aliphatic rings. The van der Waals surface area contributed by atoms with E-state index in [0.29, 0.717) is 12.5 Å². The van der Waals surface area contributed by atoms with Gasteiger partial charge in [0.25, 0.3) is 0 Å². The lowest BCUT2D eigenvalue weighted by Gasteiger charge is -2.33. The molecule has 2 rings (SSSR count). The monoisotopic (exact) mass is 276 g/mol. The minimum atomic E-state index is 0.0643. The van der Waals surface area contributed by atoms with Gasteiger partial charge < -0.3 is 15.0 Å². The molecule has 20 heavy (non-hydrogen) atoms. The van der Waals surface area contributed by atoms with E-state index in [-0.39, 0.29) is 12.0 Å². The van der Waals surface area contributed by atoms with Crippen molar-refractivity contribution < 1.29 is 9.53 Å². The molecular weight excluding hydrogens is 252 g/mol. The van der Waals surface area contributed by atoms with Crippen molar-refractivity contribution in [2.75, 3.05) is 16.8 Å². The summed E-state index contributed by atoms with van der Waals surface area (Å²) in [6.07, 6.45) is 1.51. The van der Waals surface area contributed by atoms with E-state index in [1.807, 2.05) is 32.0 Å². The topological polar surface area (TPSA) is 41.6 Å². The Labute approximate surface area is 121 Å². The Morgan fingerprint density at radius 1 is 1.25 bits per heavy atom. The quantitative estimate of drug-likeness (QED) is 0.919. The van der Waals surface area contributed by atoms with E-state index in [2.05, 4.69) is 24.1 Å². The van der Waals surface area contributed by atoms with Gasteiger partial charge in [-0.15, -0.1) is 0 Å². The van der Waals surface area contributed by atoms with Crippen LogP contribution in [0.15, 0.2) is 18.2 Å². The molecule has 110 valence electrons. The van der Waals surface area contributed by atoms with E-state index in [9.17, 15) is 4.79 Å². The molecule has 4 heteroatoms. The fourth-order valence-corrected chi connectivity index (χ4v) is 2.51. The lowest BCUT2D eigenvalue weighted by atomic mass is 10.1. The predicted octanol–water partition coefficient (Wildman–Crippen LogP) is 3.42. The molecule has 0 aromatic heterocycles. The highest BCUT2D eigenvalue weighted by molar-refractivity contribution is 5.97. The highest BCUT2D eigenvalue weighted by atomic mass is 16.5. The average Bonchev–Trinajstić information content (AvgIpc) is 2.33. The van der Waals surface area contributed by atoms with Gasteiger partial charge in [0.2, 0.25) is 5.91 Å². The summed E-state index contributed by atoms with van der Waals surface area (Å²) < 4.78 is 5.84. The van der Waals surface area contributed by atoms with Crippen LogP contribution in [0.2, 0.25) is 0 Å². The van der Waals surface area contributed by atoms with Crippen LogP contribution in [0.4, 0.5) is 11.4 Å². The Bertz CT molecular complexity index is 483. The molecule has 0 fully saturated rings. The fourth-order valence-electron chi connectivity index (χ4n) is 2.51. The van der Waals surface area contributed by atoms with Crippen LogP contribution in [-0.2, 0) is 4.79 Å².